The highest BCUT2D eigenvalue weighted by Crippen LogP contribution is 2.39. The summed E-state index contributed by atoms with van der Waals surface area (Å²) in [5, 5.41) is 0. The summed E-state index contributed by atoms with van der Waals surface area (Å²) >= 11 is 0. The molecule has 3 heterocycles. The van der Waals surface area contributed by atoms with Crippen molar-refractivity contribution in [2.75, 3.05) is 38.1 Å². The number of benzene rings is 2. The number of fused-ring (bicyclic) bond motifs is 1. The SMILES string of the molecule is CN1CCN(c2ccc(C3=CC4C(=CC=C4c4ccc(Oc5ccccc5)cc4)C=N3)cn2)CC1. The lowest BCUT2D eigenvalue weighted by Crippen LogP contribution is -2.44. The van der Waals surface area contributed by atoms with Gasteiger partial charge >= 0.3 is 0 Å². The van der Waals surface area contributed by atoms with Crippen molar-refractivity contribution in [1.29, 1.82) is 0 Å². The highest BCUT2D eigenvalue weighted by molar-refractivity contribution is 5.97. The molecule has 1 fully saturated rings. The van der Waals surface area contributed by atoms with Crippen molar-refractivity contribution in [1.82, 2.24) is 9.88 Å². The summed E-state index contributed by atoms with van der Waals surface area (Å²) < 4.78 is 5.96. The Labute approximate surface area is 206 Å². The molecule has 0 bridgehead atoms. The lowest BCUT2D eigenvalue weighted by molar-refractivity contribution is 0.312. The minimum atomic E-state index is 0.195. The van der Waals surface area contributed by atoms with E-state index >= 15 is 0 Å². The van der Waals surface area contributed by atoms with Gasteiger partial charge in [0.15, 0.2) is 0 Å². The molecule has 5 nitrogen and oxygen atoms in total. The van der Waals surface area contributed by atoms with Crippen LogP contribution in [0.4, 0.5) is 5.82 Å². The van der Waals surface area contributed by atoms with Crippen LogP contribution in [0, 0.1) is 5.92 Å². The maximum Gasteiger partial charge on any atom is 0.128 e. The van der Waals surface area contributed by atoms with Crippen LogP contribution in [0.25, 0.3) is 11.3 Å². The summed E-state index contributed by atoms with van der Waals surface area (Å²) in [6.07, 6.45) is 10.6. The second kappa shape index (κ2) is 9.35. The minimum Gasteiger partial charge on any atom is -0.457 e. The molecule has 0 saturated carbocycles. The van der Waals surface area contributed by atoms with E-state index in [1.807, 2.05) is 54.9 Å². The number of hydrogen-bond donors (Lipinski definition) is 0. The lowest BCUT2D eigenvalue weighted by Gasteiger charge is -2.33. The largest absolute Gasteiger partial charge is 0.457 e. The maximum atomic E-state index is 5.96. The quantitative estimate of drug-likeness (QED) is 0.490. The number of ether oxygens (including phenoxy) is 1. The minimum absolute atomic E-state index is 0.195. The Morgan fingerprint density at radius 1 is 0.800 bits per heavy atom. The first-order chi connectivity index (χ1) is 17.2. The van der Waals surface area contributed by atoms with E-state index in [0.29, 0.717) is 0 Å². The number of hydrogen-bond acceptors (Lipinski definition) is 5. The van der Waals surface area contributed by atoms with Crippen molar-refractivity contribution in [2.24, 2.45) is 10.9 Å². The third kappa shape index (κ3) is 4.55. The predicted molar refractivity (Wildman–Crippen MR) is 143 cm³/mol. The number of likely N-dealkylation sites (N-methyl/N-ethyl adjacent to an activating group) is 1. The van der Waals surface area contributed by atoms with Gasteiger partial charge < -0.3 is 14.5 Å². The lowest BCUT2D eigenvalue weighted by atomic mass is 9.88. The molecular weight excluding hydrogens is 432 g/mol. The van der Waals surface area contributed by atoms with Crippen LogP contribution >= 0.6 is 0 Å². The predicted octanol–water partition coefficient (Wildman–Crippen LogP) is 5.69. The molecule has 1 atom stereocenters. The Morgan fingerprint density at radius 3 is 2.29 bits per heavy atom. The van der Waals surface area contributed by atoms with E-state index in [1.54, 1.807) is 0 Å². The van der Waals surface area contributed by atoms with Crippen LogP contribution < -0.4 is 9.64 Å². The zero-order chi connectivity index (χ0) is 23.6. The van der Waals surface area contributed by atoms with E-state index in [9.17, 15) is 0 Å². The molecule has 0 N–H and O–H groups in total. The van der Waals surface area contributed by atoms with Crippen LogP contribution in [0.3, 0.4) is 0 Å². The normalized spacial score (nSPS) is 19.6. The highest BCUT2D eigenvalue weighted by Gasteiger charge is 2.25. The summed E-state index contributed by atoms with van der Waals surface area (Å²) in [6.45, 7) is 4.18. The molecule has 1 unspecified atom stereocenters. The highest BCUT2D eigenvalue weighted by atomic mass is 16.5. The molecule has 0 amide bonds. The Kier molecular flexibility index (Phi) is 5.76. The monoisotopic (exact) mass is 460 g/mol. The van der Waals surface area contributed by atoms with E-state index in [2.05, 4.69) is 59.3 Å². The molecule has 35 heavy (non-hydrogen) atoms. The van der Waals surface area contributed by atoms with Gasteiger partial charge in [0.1, 0.15) is 17.3 Å². The summed E-state index contributed by atoms with van der Waals surface area (Å²) in [4.78, 5) is 14.2. The van der Waals surface area contributed by atoms with Gasteiger partial charge in [-0.15, -0.1) is 0 Å². The standard InChI is InChI=1S/C30H28N4O/c1-33-15-17-34(18-16-33)30-14-10-24(21-32-30)29-19-28-23(20-31-29)9-13-27(28)22-7-11-26(12-8-22)35-25-5-3-2-4-6-25/h2-14,19-21,28H,15-18H2,1H3. The maximum absolute atomic E-state index is 5.96. The molecule has 0 radical (unpaired) electrons. The first-order valence-corrected chi connectivity index (χ1v) is 12.1. The van der Waals surface area contributed by atoms with Gasteiger partial charge in [-0.3, -0.25) is 4.99 Å². The number of aliphatic imine (C=N–C) groups is 1. The second-order valence-corrected chi connectivity index (χ2v) is 9.21. The smallest absolute Gasteiger partial charge is 0.128 e. The van der Waals surface area contributed by atoms with Gasteiger partial charge in [-0.1, -0.05) is 42.5 Å². The average molecular weight is 461 g/mol. The van der Waals surface area contributed by atoms with Crippen molar-refractivity contribution in [3.05, 3.63) is 108 Å². The third-order valence-corrected chi connectivity index (χ3v) is 6.86. The Bertz CT molecular complexity index is 1310. The molecule has 2 aromatic carbocycles. The van der Waals surface area contributed by atoms with Crippen LogP contribution in [0.2, 0.25) is 0 Å². The van der Waals surface area contributed by atoms with Crippen LogP contribution in [-0.2, 0) is 0 Å². The first kappa shape index (κ1) is 21.6. The van der Waals surface area contributed by atoms with Gasteiger partial charge in [0, 0.05) is 50.1 Å². The van der Waals surface area contributed by atoms with Crippen molar-refractivity contribution in [3.63, 3.8) is 0 Å². The molecule has 174 valence electrons. The molecule has 6 rings (SSSR count). The van der Waals surface area contributed by atoms with Gasteiger partial charge in [-0.05, 0) is 66.2 Å². The van der Waals surface area contributed by atoms with Crippen molar-refractivity contribution >= 4 is 23.3 Å². The van der Waals surface area contributed by atoms with Gasteiger partial charge in [0.05, 0.1) is 5.70 Å². The molecule has 1 aliphatic carbocycles. The fourth-order valence-electron chi connectivity index (χ4n) is 4.77. The Hall–Kier alpha value is -3.96. The average Bonchev–Trinajstić information content (AvgIpc) is 3.34. The van der Waals surface area contributed by atoms with Gasteiger partial charge in [0.25, 0.3) is 0 Å². The number of allylic oxidation sites excluding steroid dienone is 5. The molecule has 2 aliphatic heterocycles. The molecule has 0 spiro atoms. The number of anilines is 1. The Balaban J connectivity index is 1.18. The third-order valence-electron chi connectivity index (χ3n) is 6.86. The fourth-order valence-corrected chi connectivity index (χ4v) is 4.77. The van der Waals surface area contributed by atoms with Gasteiger partial charge in [-0.2, -0.15) is 0 Å². The zero-order valence-electron chi connectivity index (χ0n) is 19.8. The van der Waals surface area contributed by atoms with Crippen molar-refractivity contribution in [2.45, 2.75) is 0 Å². The molecule has 5 heteroatoms. The van der Waals surface area contributed by atoms with E-state index in [4.69, 9.17) is 14.7 Å². The van der Waals surface area contributed by atoms with Crippen LogP contribution in [0.5, 0.6) is 11.5 Å². The summed E-state index contributed by atoms with van der Waals surface area (Å²) in [5.41, 5.74) is 5.71. The van der Waals surface area contributed by atoms with E-state index < -0.39 is 0 Å². The van der Waals surface area contributed by atoms with E-state index in [1.165, 1.54) is 16.7 Å². The Morgan fingerprint density at radius 2 is 1.54 bits per heavy atom. The van der Waals surface area contributed by atoms with Crippen molar-refractivity contribution in [3.8, 4) is 11.5 Å². The topological polar surface area (TPSA) is 41.0 Å². The fraction of sp³-hybridized carbons (Fsp3) is 0.200. The van der Waals surface area contributed by atoms with E-state index in [0.717, 1.165) is 54.8 Å². The number of para-hydroxylation sites is 1. The summed E-state index contributed by atoms with van der Waals surface area (Å²) in [6, 6.07) is 22.5. The summed E-state index contributed by atoms with van der Waals surface area (Å²) in [7, 11) is 2.17. The number of rotatable bonds is 5. The molecule has 3 aromatic rings. The molecule has 1 aromatic heterocycles. The van der Waals surface area contributed by atoms with Crippen molar-refractivity contribution < 1.29 is 4.74 Å². The molecule has 1 saturated heterocycles. The second-order valence-electron chi connectivity index (χ2n) is 9.21. The van der Waals surface area contributed by atoms with Gasteiger partial charge in [-0.25, -0.2) is 4.98 Å². The molecule has 3 aliphatic rings. The summed E-state index contributed by atoms with van der Waals surface area (Å²) in [5.74, 6) is 2.91. The van der Waals surface area contributed by atoms with Gasteiger partial charge in [0.2, 0.25) is 0 Å². The zero-order valence-corrected chi connectivity index (χ0v) is 19.8. The number of pyridine rings is 1. The van der Waals surface area contributed by atoms with Crippen LogP contribution in [0.15, 0.2) is 102 Å². The molecular formula is C30H28N4O. The number of piperazine rings is 1. The number of nitrogens with zero attached hydrogens (tertiary/aromatic N) is 4. The number of aromatic nitrogens is 1. The van der Waals surface area contributed by atoms with Crippen LogP contribution in [0.1, 0.15) is 11.1 Å². The first-order valence-electron chi connectivity index (χ1n) is 12.1. The van der Waals surface area contributed by atoms with Crippen LogP contribution in [-0.4, -0.2) is 49.3 Å². The van der Waals surface area contributed by atoms with E-state index in [-0.39, 0.29) is 5.92 Å².